The molecule has 0 spiro atoms. The normalized spacial score (nSPS) is 14.9. The Morgan fingerprint density at radius 3 is 2.48 bits per heavy atom. The minimum absolute atomic E-state index is 0.122. The number of hydrogen-bond donors (Lipinski definition) is 0. The summed E-state index contributed by atoms with van der Waals surface area (Å²) in [6.45, 7) is 7.04. The molecule has 1 aromatic heterocycles. The van der Waals surface area contributed by atoms with E-state index in [4.69, 9.17) is 0 Å². The van der Waals surface area contributed by atoms with Crippen LogP contribution in [0.5, 0.6) is 0 Å². The molecule has 1 aromatic carbocycles. The molecule has 3 rings (SSSR count). The lowest BCUT2D eigenvalue weighted by molar-refractivity contribution is -0.131. The number of piperazine rings is 1. The van der Waals surface area contributed by atoms with E-state index in [1.165, 1.54) is 6.07 Å². The van der Waals surface area contributed by atoms with E-state index >= 15 is 0 Å². The summed E-state index contributed by atoms with van der Waals surface area (Å²) in [7, 11) is 0. The van der Waals surface area contributed by atoms with Crippen molar-refractivity contribution in [3.05, 3.63) is 45.9 Å². The molecule has 2 heterocycles. The highest BCUT2D eigenvalue weighted by Gasteiger charge is 2.22. The van der Waals surface area contributed by atoms with Gasteiger partial charge < -0.3 is 9.80 Å². The first-order valence-corrected chi connectivity index (χ1v) is 9.23. The number of carbonyl (C=O) groups excluding carboxylic acids is 1. The van der Waals surface area contributed by atoms with Crippen LogP contribution >= 0.6 is 15.9 Å². The molecular formula is C18H22BrFN4O. The van der Waals surface area contributed by atoms with Gasteiger partial charge in [-0.1, -0.05) is 12.1 Å². The van der Waals surface area contributed by atoms with Gasteiger partial charge in [0.15, 0.2) is 0 Å². The first-order chi connectivity index (χ1) is 12.0. The van der Waals surface area contributed by atoms with Gasteiger partial charge in [-0.15, -0.1) is 0 Å². The van der Waals surface area contributed by atoms with Gasteiger partial charge in [0.2, 0.25) is 5.91 Å². The summed E-state index contributed by atoms with van der Waals surface area (Å²) in [4.78, 5) is 16.3. The van der Waals surface area contributed by atoms with E-state index in [1.807, 2.05) is 34.4 Å². The molecular weight excluding hydrogens is 387 g/mol. The van der Waals surface area contributed by atoms with Crippen molar-refractivity contribution in [3.63, 3.8) is 0 Å². The number of aromatic nitrogens is 2. The van der Waals surface area contributed by atoms with Crippen LogP contribution in [-0.2, 0) is 11.3 Å². The SMILES string of the molecule is Cc1nn(CCC(=O)N2CCN(c3ccccc3F)CC2)c(C)c1Br. The van der Waals surface area contributed by atoms with Gasteiger partial charge in [0.1, 0.15) is 5.82 Å². The lowest BCUT2D eigenvalue weighted by atomic mass is 10.2. The van der Waals surface area contributed by atoms with Gasteiger partial charge >= 0.3 is 0 Å². The standard InChI is InChI=1S/C18H22BrFN4O/c1-13-18(19)14(2)24(21-13)8-7-17(25)23-11-9-22(10-12-23)16-6-4-3-5-15(16)20/h3-6H,7-12H2,1-2H3. The van der Waals surface area contributed by atoms with Crippen LogP contribution in [0.1, 0.15) is 17.8 Å². The minimum Gasteiger partial charge on any atom is -0.366 e. The molecule has 1 saturated heterocycles. The Balaban J connectivity index is 1.53. The topological polar surface area (TPSA) is 41.4 Å². The number of para-hydroxylation sites is 1. The first-order valence-electron chi connectivity index (χ1n) is 8.44. The maximum absolute atomic E-state index is 13.9. The highest BCUT2D eigenvalue weighted by molar-refractivity contribution is 9.10. The minimum atomic E-state index is -0.211. The molecule has 1 fully saturated rings. The second-order valence-electron chi connectivity index (χ2n) is 6.28. The van der Waals surface area contributed by atoms with Gasteiger partial charge in [0, 0.05) is 38.3 Å². The Hall–Kier alpha value is -1.89. The second-order valence-corrected chi connectivity index (χ2v) is 7.07. The fraction of sp³-hybridized carbons (Fsp3) is 0.444. The van der Waals surface area contributed by atoms with Gasteiger partial charge in [0.25, 0.3) is 0 Å². The van der Waals surface area contributed by atoms with Crippen molar-refractivity contribution in [2.45, 2.75) is 26.8 Å². The third kappa shape index (κ3) is 3.86. The van der Waals surface area contributed by atoms with E-state index in [1.54, 1.807) is 12.1 Å². The van der Waals surface area contributed by atoms with Crippen molar-refractivity contribution in [2.24, 2.45) is 0 Å². The lowest BCUT2D eigenvalue weighted by Crippen LogP contribution is -2.49. The third-order valence-corrected chi connectivity index (χ3v) is 5.80. The van der Waals surface area contributed by atoms with Crippen molar-refractivity contribution < 1.29 is 9.18 Å². The van der Waals surface area contributed by atoms with E-state index in [2.05, 4.69) is 21.0 Å². The summed E-state index contributed by atoms with van der Waals surface area (Å²) < 4.78 is 16.7. The predicted molar refractivity (Wildman–Crippen MR) is 99.2 cm³/mol. The number of anilines is 1. The van der Waals surface area contributed by atoms with Crippen molar-refractivity contribution in [1.29, 1.82) is 0 Å². The molecule has 0 unspecified atom stereocenters. The van der Waals surface area contributed by atoms with Crippen LogP contribution in [0.3, 0.4) is 0 Å². The van der Waals surface area contributed by atoms with Gasteiger partial charge in [-0.3, -0.25) is 9.48 Å². The van der Waals surface area contributed by atoms with Crippen molar-refractivity contribution in [2.75, 3.05) is 31.1 Å². The number of nitrogens with zero attached hydrogens (tertiary/aromatic N) is 4. The number of amides is 1. The van der Waals surface area contributed by atoms with Crippen LogP contribution in [0.25, 0.3) is 0 Å². The summed E-state index contributed by atoms with van der Waals surface area (Å²) in [6.07, 6.45) is 0.425. The number of halogens is 2. The smallest absolute Gasteiger partial charge is 0.224 e. The Morgan fingerprint density at radius 1 is 1.20 bits per heavy atom. The van der Waals surface area contributed by atoms with Crippen LogP contribution in [0.4, 0.5) is 10.1 Å². The molecule has 25 heavy (non-hydrogen) atoms. The summed E-state index contributed by atoms with van der Waals surface area (Å²) in [5.41, 5.74) is 2.58. The second kappa shape index (κ2) is 7.56. The quantitative estimate of drug-likeness (QED) is 0.779. The summed E-state index contributed by atoms with van der Waals surface area (Å²) in [5.74, 6) is -0.0887. The van der Waals surface area contributed by atoms with Crippen molar-refractivity contribution >= 4 is 27.5 Å². The number of benzene rings is 1. The maximum atomic E-state index is 13.9. The largest absolute Gasteiger partial charge is 0.366 e. The van der Waals surface area contributed by atoms with Crippen LogP contribution in [0, 0.1) is 19.7 Å². The molecule has 0 aliphatic carbocycles. The average molecular weight is 409 g/mol. The number of hydrogen-bond acceptors (Lipinski definition) is 3. The molecule has 5 nitrogen and oxygen atoms in total. The van der Waals surface area contributed by atoms with E-state index in [0.29, 0.717) is 44.8 Å². The zero-order valence-electron chi connectivity index (χ0n) is 14.5. The van der Waals surface area contributed by atoms with Crippen LogP contribution in [-0.4, -0.2) is 46.8 Å². The molecule has 0 atom stereocenters. The molecule has 1 aliphatic heterocycles. The number of carbonyl (C=O) groups is 1. The molecule has 0 N–H and O–H groups in total. The van der Waals surface area contributed by atoms with Crippen molar-refractivity contribution in [3.8, 4) is 0 Å². The molecule has 134 valence electrons. The molecule has 7 heteroatoms. The Labute approximate surface area is 155 Å². The predicted octanol–water partition coefficient (Wildman–Crippen LogP) is 3.14. The molecule has 1 aliphatic rings. The summed E-state index contributed by atoms with van der Waals surface area (Å²) in [6, 6.07) is 6.78. The Morgan fingerprint density at radius 2 is 1.88 bits per heavy atom. The van der Waals surface area contributed by atoms with Gasteiger partial charge in [-0.2, -0.15) is 5.10 Å². The van der Waals surface area contributed by atoms with E-state index < -0.39 is 0 Å². The first kappa shape index (κ1) is 17.9. The zero-order chi connectivity index (χ0) is 18.0. The molecule has 0 radical (unpaired) electrons. The average Bonchev–Trinajstić information content (AvgIpc) is 2.87. The fourth-order valence-corrected chi connectivity index (χ4v) is 3.44. The van der Waals surface area contributed by atoms with E-state index in [-0.39, 0.29) is 11.7 Å². The zero-order valence-corrected chi connectivity index (χ0v) is 16.1. The lowest BCUT2D eigenvalue weighted by Gasteiger charge is -2.36. The van der Waals surface area contributed by atoms with Crippen LogP contribution in [0.2, 0.25) is 0 Å². The van der Waals surface area contributed by atoms with Crippen LogP contribution < -0.4 is 4.90 Å². The highest BCUT2D eigenvalue weighted by atomic mass is 79.9. The van der Waals surface area contributed by atoms with E-state index in [9.17, 15) is 9.18 Å². The molecule has 1 amide bonds. The molecule has 0 bridgehead atoms. The van der Waals surface area contributed by atoms with Crippen molar-refractivity contribution in [1.82, 2.24) is 14.7 Å². The van der Waals surface area contributed by atoms with Crippen LogP contribution in [0.15, 0.2) is 28.7 Å². The third-order valence-electron chi connectivity index (χ3n) is 4.66. The molecule has 0 saturated carbocycles. The Kier molecular flexibility index (Phi) is 5.42. The monoisotopic (exact) mass is 408 g/mol. The van der Waals surface area contributed by atoms with E-state index in [0.717, 1.165) is 15.9 Å². The van der Waals surface area contributed by atoms with Gasteiger partial charge in [-0.25, -0.2) is 4.39 Å². The summed E-state index contributed by atoms with van der Waals surface area (Å²) in [5, 5.41) is 4.44. The van der Waals surface area contributed by atoms with Gasteiger partial charge in [-0.05, 0) is 41.9 Å². The van der Waals surface area contributed by atoms with Gasteiger partial charge in [0.05, 0.1) is 22.4 Å². The highest BCUT2D eigenvalue weighted by Crippen LogP contribution is 2.21. The Bertz CT molecular complexity index is 768. The number of rotatable bonds is 4. The summed E-state index contributed by atoms with van der Waals surface area (Å²) >= 11 is 3.50. The maximum Gasteiger partial charge on any atom is 0.224 e. The number of aryl methyl sites for hydroxylation is 2. The molecule has 2 aromatic rings. The fourth-order valence-electron chi connectivity index (χ4n) is 3.16.